The van der Waals surface area contributed by atoms with Crippen LogP contribution >= 0.6 is 11.6 Å². The van der Waals surface area contributed by atoms with E-state index in [1.807, 2.05) is 19.1 Å². The molecule has 0 radical (unpaired) electrons. The lowest BCUT2D eigenvalue weighted by molar-refractivity contribution is 0.378. The number of para-hydroxylation sites is 1. The molecule has 0 atom stereocenters. The van der Waals surface area contributed by atoms with Gasteiger partial charge in [-0.1, -0.05) is 19.1 Å². The van der Waals surface area contributed by atoms with Crippen molar-refractivity contribution in [1.82, 2.24) is 0 Å². The summed E-state index contributed by atoms with van der Waals surface area (Å²) < 4.78 is 24.6. The van der Waals surface area contributed by atoms with E-state index in [4.69, 9.17) is 11.6 Å². The minimum Gasteiger partial charge on any atom is -0.384 e. The smallest absolute Gasteiger partial charge is 0.180 e. The number of anilines is 1. The van der Waals surface area contributed by atoms with Crippen LogP contribution in [0.25, 0.3) is 0 Å². The van der Waals surface area contributed by atoms with Crippen LogP contribution in [0, 0.1) is 5.92 Å². The van der Waals surface area contributed by atoms with E-state index in [0.29, 0.717) is 22.6 Å². The van der Waals surface area contributed by atoms with Gasteiger partial charge in [0.15, 0.2) is 9.84 Å². The standard InChI is InChI=1S/C16H24ClNO2S/c1-2-11-21(19,20)16-6-4-3-5-15(16)18-12-13-7-9-14(17)10-8-13/h3-6,13-14,18H,2,7-12H2,1H3. The number of alkyl halides is 1. The maximum absolute atomic E-state index is 12.3. The number of benzene rings is 1. The molecule has 1 aromatic carbocycles. The molecule has 0 saturated heterocycles. The average molecular weight is 330 g/mol. The monoisotopic (exact) mass is 329 g/mol. The van der Waals surface area contributed by atoms with Crippen molar-refractivity contribution in [3.8, 4) is 0 Å². The highest BCUT2D eigenvalue weighted by atomic mass is 35.5. The Kier molecular flexibility index (Phi) is 5.94. The Morgan fingerprint density at radius 3 is 2.52 bits per heavy atom. The molecule has 3 nitrogen and oxygen atoms in total. The fraction of sp³-hybridized carbons (Fsp3) is 0.625. The van der Waals surface area contributed by atoms with Crippen molar-refractivity contribution in [1.29, 1.82) is 0 Å². The Hall–Kier alpha value is -0.740. The third kappa shape index (κ3) is 4.62. The number of nitrogens with one attached hydrogen (secondary N) is 1. The lowest BCUT2D eigenvalue weighted by Gasteiger charge is -2.25. The van der Waals surface area contributed by atoms with Gasteiger partial charge in [0.25, 0.3) is 0 Å². The lowest BCUT2D eigenvalue weighted by atomic mass is 9.89. The van der Waals surface area contributed by atoms with Crippen LogP contribution < -0.4 is 5.32 Å². The molecule has 1 aliphatic rings. The molecule has 1 N–H and O–H groups in total. The van der Waals surface area contributed by atoms with E-state index in [0.717, 1.165) is 37.9 Å². The highest BCUT2D eigenvalue weighted by Crippen LogP contribution is 2.29. The van der Waals surface area contributed by atoms with Crippen LogP contribution in [-0.2, 0) is 9.84 Å². The largest absolute Gasteiger partial charge is 0.384 e. The molecule has 21 heavy (non-hydrogen) atoms. The summed E-state index contributed by atoms with van der Waals surface area (Å²) in [5.74, 6) is 0.783. The number of sulfone groups is 1. The number of halogens is 1. The van der Waals surface area contributed by atoms with Gasteiger partial charge in [0.2, 0.25) is 0 Å². The topological polar surface area (TPSA) is 46.2 Å². The average Bonchev–Trinajstić information content (AvgIpc) is 2.47. The predicted molar refractivity (Wildman–Crippen MR) is 88.9 cm³/mol. The van der Waals surface area contributed by atoms with Crippen LogP contribution in [0.4, 0.5) is 5.69 Å². The van der Waals surface area contributed by atoms with Gasteiger partial charge in [-0.25, -0.2) is 8.42 Å². The molecule has 0 aromatic heterocycles. The molecule has 0 spiro atoms. The van der Waals surface area contributed by atoms with Crippen molar-refractivity contribution < 1.29 is 8.42 Å². The van der Waals surface area contributed by atoms with E-state index in [2.05, 4.69) is 5.32 Å². The van der Waals surface area contributed by atoms with Gasteiger partial charge in [-0.05, 0) is 50.2 Å². The zero-order chi connectivity index (χ0) is 15.3. The van der Waals surface area contributed by atoms with Crippen LogP contribution in [0.1, 0.15) is 39.0 Å². The predicted octanol–water partition coefficient (Wildman–Crippen LogP) is 4.08. The quantitative estimate of drug-likeness (QED) is 0.800. The van der Waals surface area contributed by atoms with Crippen LogP contribution in [-0.4, -0.2) is 26.1 Å². The minimum absolute atomic E-state index is 0.197. The Morgan fingerprint density at radius 1 is 1.19 bits per heavy atom. The maximum Gasteiger partial charge on any atom is 0.180 e. The molecule has 0 amide bonds. The van der Waals surface area contributed by atoms with Crippen molar-refractivity contribution in [3.63, 3.8) is 0 Å². The van der Waals surface area contributed by atoms with Crippen LogP contribution in [0.3, 0.4) is 0 Å². The zero-order valence-corrected chi connectivity index (χ0v) is 14.1. The van der Waals surface area contributed by atoms with Crippen LogP contribution in [0.2, 0.25) is 0 Å². The molecule has 1 saturated carbocycles. The molecular formula is C16H24ClNO2S. The zero-order valence-electron chi connectivity index (χ0n) is 12.5. The summed E-state index contributed by atoms with van der Waals surface area (Å²) >= 11 is 6.12. The molecule has 1 aliphatic carbocycles. The van der Waals surface area contributed by atoms with E-state index < -0.39 is 9.84 Å². The van der Waals surface area contributed by atoms with Crippen LogP contribution in [0.5, 0.6) is 0 Å². The second-order valence-electron chi connectivity index (χ2n) is 5.81. The molecule has 118 valence electrons. The summed E-state index contributed by atoms with van der Waals surface area (Å²) in [5, 5.41) is 3.66. The fourth-order valence-corrected chi connectivity index (χ4v) is 4.61. The van der Waals surface area contributed by atoms with E-state index in [1.165, 1.54) is 0 Å². The Balaban J connectivity index is 2.04. The summed E-state index contributed by atoms with van der Waals surface area (Å²) in [6.45, 7) is 2.71. The van der Waals surface area contributed by atoms with Crippen molar-refractivity contribution in [2.75, 3.05) is 17.6 Å². The molecule has 5 heteroatoms. The maximum atomic E-state index is 12.3. The second-order valence-corrected chi connectivity index (χ2v) is 8.51. The summed E-state index contributed by atoms with van der Waals surface area (Å²) in [4.78, 5) is 0.429. The van der Waals surface area contributed by atoms with Gasteiger partial charge in [0.1, 0.15) is 0 Å². The van der Waals surface area contributed by atoms with Crippen molar-refractivity contribution in [2.24, 2.45) is 5.92 Å². The van der Waals surface area contributed by atoms with Gasteiger partial charge in [-0.3, -0.25) is 0 Å². The van der Waals surface area contributed by atoms with Crippen LogP contribution in [0.15, 0.2) is 29.2 Å². The molecular weight excluding hydrogens is 306 g/mol. The molecule has 0 aliphatic heterocycles. The highest BCUT2D eigenvalue weighted by Gasteiger charge is 2.21. The third-order valence-electron chi connectivity index (χ3n) is 4.05. The van der Waals surface area contributed by atoms with Crippen molar-refractivity contribution in [2.45, 2.75) is 49.3 Å². The van der Waals surface area contributed by atoms with Crippen molar-refractivity contribution in [3.05, 3.63) is 24.3 Å². The Morgan fingerprint density at radius 2 is 1.86 bits per heavy atom. The van der Waals surface area contributed by atoms with Gasteiger partial charge in [-0.15, -0.1) is 11.6 Å². The summed E-state index contributed by atoms with van der Waals surface area (Å²) in [6.07, 6.45) is 4.99. The van der Waals surface area contributed by atoms with Gasteiger partial charge in [-0.2, -0.15) is 0 Å². The molecule has 2 rings (SSSR count). The summed E-state index contributed by atoms with van der Waals surface area (Å²) in [5.41, 5.74) is 0.735. The first-order valence-corrected chi connectivity index (χ1v) is 9.81. The first-order chi connectivity index (χ1) is 10.0. The Bertz CT molecular complexity index is 551. The summed E-state index contributed by atoms with van der Waals surface area (Å²) in [6, 6.07) is 7.22. The SMILES string of the molecule is CCCS(=O)(=O)c1ccccc1NCC1CCC(Cl)CC1. The van der Waals surface area contributed by atoms with E-state index >= 15 is 0 Å². The van der Waals surface area contributed by atoms with E-state index in [1.54, 1.807) is 12.1 Å². The van der Waals surface area contributed by atoms with E-state index in [9.17, 15) is 8.42 Å². The molecule has 0 bridgehead atoms. The third-order valence-corrected chi connectivity index (χ3v) is 6.46. The van der Waals surface area contributed by atoms with Gasteiger partial charge in [0.05, 0.1) is 16.3 Å². The normalized spacial score (nSPS) is 23.0. The van der Waals surface area contributed by atoms with Gasteiger partial charge in [0, 0.05) is 11.9 Å². The first-order valence-electron chi connectivity index (χ1n) is 7.72. The van der Waals surface area contributed by atoms with Crippen molar-refractivity contribution >= 4 is 27.1 Å². The van der Waals surface area contributed by atoms with E-state index in [-0.39, 0.29) is 5.75 Å². The van der Waals surface area contributed by atoms with Gasteiger partial charge >= 0.3 is 0 Å². The first kappa shape index (κ1) is 16.6. The fourth-order valence-electron chi connectivity index (χ4n) is 2.84. The molecule has 1 aromatic rings. The number of hydrogen-bond donors (Lipinski definition) is 1. The highest BCUT2D eigenvalue weighted by molar-refractivity contribution is 7.91. The molecule has 0 unspecified atom stereocenters. The Labute approximate surface area is 133 Å². The molecule has 0 heterocycles. The lowest BCUT2D eigenvalue weighted by Crippen LogP contribution is -2.22. The minimum atomic E-state index is -3.19. The number of rotatable bonds is 6. The molecule has 1 fully saturated rings. The summed E-state index contributed by atoms with van der Waals surface area (Å²) in [7, 11) is -3.19. The van der Waals surface area contributed by atoms with Gasteiger partial charge < -0.3 is 5.32 Å². The number of hydrogen-bond acceptors (Lipinski definition) is 3. The second kappa shape index (κ2) is 7.50.